The monoisotopic (exact) mass is 224 g/mol. The Balaban J connectivity index is 2.51. The summed E-state index contributed by atoms with van der Waals surface area (Å²) in [5.74, 6) is 1.71. The molecule has 0 saturated heterocycles. The predicted octanol–water partition coefficient (Wildman–Crippen LogP) is 2.38. The van der Waals surface area contributed by atoms with E-state index in [4.69, 9.17) is 0 Å². The molecule has 16 heavy (non-hydrogen) atoms. The smallest absolute Gasteiger partial charge is 0.147 e. The molecule has 92 valence electrons. The summed E-state index contributed by atoms with van der Waals surface area (Å²) in [6.45, 7) is 11.8. The third kappa shape index (κ3) is 3.30. The van der Waals surface area contributed by atoms with Gasteiger partial charge in [0, 0.05) is 12.1 Å². The molecule has 0 aliphatic rings. The molecule has 4 nitrogen and oxygen atoms in total. The van der Waals surface area contributed by atoms with Gasteiger partial charge >= 0.3 is 0 Å². The molecule has 0 amide bonds. The highest BCUT2D eigenvalue weighted by atomic mass is 15.3. The first-order chi connectivity index (χ1) is 7.56. The van der Waals surface area contributed by atoms with Crippen LogP contribution in [0, 0.1) is 5.92 Å². The van der Waals surface area contributed by atoms with Gasteiger partial charge in [-0.25, -0.2) is 0 Å². The summed E-state index contributed by atoms with van der Waals surface area (Å²) < 4.78 is 2.11. The lowest BCUT2D eigenvalue weighted by Gasteiger charge is -2.20. The topological polar surface area (TPSA) is 42.7 Å². The maximum absolute atomic E-state index is 4.15. The van der Waals surface area contributed by atoms with Gasteiger partial charge in [0.05, 0.1) is 6.54 Å². The number of hydrogen-bond acceptors (Lipinski definition) is 3. The average Bonchev–Trinajstić information content (AvgIpc) is 2.72. The van der Waals surface area contributed by atoms with Crippen molar-refractivity contribution in [2.45, 2.75) is 59.7 Å². The Kier molecular flexibility index (Phi) is 4.93. The van der Waals surface area contributed by atoms with E-state index in [-0.39, 0.29) is 0 Å². The quantitative estimate of drug-likeness (QED) is 0.806. The number of aromatic nitrogens is 3. The number of nitrogens with zero attached hydrogens (tertiary/aromatic N) is 3. The molecular formula is C12H24N4. The van der Waals surface area contributed by atoms with Crippen LogP contribution in [-0.2, 0) is 6.54 Å². The van der Waals surface area contributed by atoms with Gasteiger partial charge in [0.1, 0.15) is 12.2 Å². The summed E-state index contributed by atoms with van der Waals surface area (Å²) in [6.07, 6.45) is 3.00. The zero-order chi connectivity index (χ0) is 12.1. The first-order valence-corrected chi connectivity index (χ1v) is 6.18. The molecule has 4 heteroatoms. The minimum atomic E-state index is 0.422. The number of rotatable bonds is 6. The maximum Gasteiger partial charge on any atom is 0.147 e. The van der Waals surface area contributed by atoms with Crippen molar-refractivity contribution in [3.63, 3.8) is 0 Å². The van der Waals surface area contributed by atoms with Gasteiger partial charge in [-0.05, 0) is 26.7 Å². The molecule has 1 N–H and O–H groups in total. The summed E-state index contributed by atoms with van der Waals surface area (Å²) in [4.78, 5) is 0. The van der Waals surface area contributed by atoms with Crippen LogP contribution in [0.5, 0.6) is 0 Å². The molecule has 1 heterocycles. The van der Waals surface area contributed by atoms with E-state index in [2.05, 4.69) is 54.7 Å². The van der Waals surface area contributed by atoms with Crippen LogP contribution in [0.1, 0.15) is 52.9 Å². The van der Waals surface area contributed by atoms with Crippen molar-refractivity contribution >= 4 is 0 Å². The molecule has 2 atom stereocenters. The molecule has 0 fully saturated rings. The molecule has 0 saturated carbocycles. The lowest BCUT2D eigenvalue weighted by atomic mass is 10.0. The minimum absolute atomic E-state index is 0.422. The number of hydrogen-bond donors (Lipinski definition) is 1. The zero-order valence-corrected chi connectivity index (χ0v) is 11.1. The summed E-state index contributed by atoms with van der Waals surface area (Å²) in [7, 11) is 0. The van der Waals surface area contributed by atoms with Crippen LogP contribution in [0.2, 0.25) is 0 Å². The van der Waals surface area contributed by atoms with Crippen molar-refractivity contribution in [1.29, 1.82) is 0 Å². The first-order valence-electron chi connectivity index (χ1n) is 6.18. The van der Waals surface area contributed by atoms with Crippen molar-refractivity contribution < 1.29 is 0 Å². The third-order valence-electron chi connectivity index (χ3n) is 3.28. The zero-order valence-electron chi connectivity index (χ0n) is 11.1. The summed E-state index contributed by atoms with van der Waals surface area (Å²) in [6, 6.07) is 0.938. The van der Waals surface area contributed by atoms with Gasteiger partial charge in [0.15, 0.2) is 0 Å². The van der Waals surface area contributed by atoms with E-state index in [1.54, 1.807) is 6.33 Å². The van der Waals surface area contributed by atoms with Crippen LogP contribution in [0.25, 0.3) is 0 Å². The van der Waals surface area contributed by atoms with Crippen LogP contribution in [0.15, 0.2) is 6.33 Å². The van der Waals surface area contributed by atoms with E-state index in [1.807, 2.05) is 0 Å². The highest BCUT2D eigenvalue weighted by molar-refractivity contribution is 4.88. The van der Waals surface area contributed by atoms with E-state index in [0.29, 0.717) is 18.0 Å². The maximum atomic E-state index is 4.15. The van der Waals surface area contributed by atoms with Crippen molar-refractivity contribution in [3.8, 4) is 0 Å². The second-order valence-electron chi connectivity index (χ2n) is 4.80. The van der Waals surface area contributed by atoms with Crippen molar-refractivity contribution in [2.24, 2.45) is 5.92 Å². The Morgan fingerprint density at radius 3 is 2.56 bits per heavy atom. The Labute approximate surface area is 98.5 Å². The molecule has 0 bridgehead atoms. The molecule has 1 aromatic rings. The lowest BCUT2D eigenvalue weighted by Crippen LogP contribution is -2.32. The van der Waals surface area contributed by atoms with Gasteiger partial charge in [0.2, 0.25) is 0 Å². The molecule has 0 aliphatic heterocycles. The van der Waals surface area contributed by atoms with Gasteiger partial charge in [-0.3, -0.25) is 0 Å². The Morgan fingerprint density at radius 1 is 1.31 bits per heavy atom. The van der Waals surface area contributed by atoms with Crippen molar-refractivity contribution in [3.05, 3.63) is 12.2 Å². The Bertz CT molecular complexity index is 306. The van der Waals surface area contributed by atoms with Gasteiger partial charge in [-0.15, -0.1) is 10.2 Å². The summed E-state index contributed by atoms with van der Waals surface area (Å²) in [5.41, 5.74) is 0. The normalized spacial score (nSPS) is 15.4. The van der Waals surface area contributed by atoms with Crippen LogP contribution in [0.3, 0.4) is 0 Å². The molecule has 1 aromatic heterocycles. The van der Waals surface area contributed by atoms with Crippen molar-refractivity contribution in [2.75, 3.05) is 0 Å². The largest absolute Gasteiger partial charge is 0.314 e. The molecule has 1 rings (SSSR count). The third-order valence-corrected chi connectivity index (χ3v) is 3.28. The van der Waals surface area contributed by atoms with Crippen LogP contribution in [0.4, 0.5) is 0 Å². The summed E-state index contributed by atoms with van der Waals surface area (Å²) >= 11 is 0. The summed E-state index contributed by atoms with van der Waals surface area (Å²) in [5, 5.41) is 11.6. The SMILES string of the molecule is CCC(C)C(C)NCc1nncn1C(C)C. The molecule has 0 radical (unpaired) electrons. The molecular weight excluding hydrogens is 200 g/mol. The molecule has 0 aliphatic carbocycles. The predicted molar refractivity (Wildman–Crippen MR) is 66.2 cm³/mol. The molecule has 2 unspecified atom stereocenters. The Hall–Kier alpha value is -0.900. The Morgan fingerprint density at radius 2 is 2.00 bits per heavy atom. The highest BCUT2D eigenvalue weighted by Gasteiger charge is 2.12. The van der Waals surface area contributed by atoms with E-state index in [9.17, 15) is 0 Å². The van der Waals surface area contributed by atoms with Gasteiger partial charge in [-0.2, -0.15) is 0 Å². The minimum Gasteiger partial charge on any atom is -0.314 e. The second-order valence-corrected chi connectivity index (χ2v) is 4.80. The molecule has 0 spiro atoms. The fourth-order valence-electron chi connectivity index (χ4n) is 1.63. The van der Waals surface area contributed by atoms with E-state index >= 15 is 0 Å². The van der Waals surface area contributed by atoms with Crippen LogP contribution < -0.4 is 5.32 Å². The first kappa shape index (κ1) is 13.2. The average molecular weight is 224 g/mol. The standard InChI is InChI=1S/C12H24N4/c1-6-10(4)11(5)13-7-12-15-14-8-16(12)9(2)3/h8-11,13H,6-7H2,1-5H3. The van der Waals surface area contributed by atoms with Gasteiger partial charge in [0.25, 0.3) is 0 Å². The highest BCUT2D eigenvalue weighted by Crippen LogP contribution is 2.09. The van der Waals surface area contributed by atoms with Gasteiger partial charge < -0.3 is 9.88 Å². The molecule has 0 aromatic carbocycles. The second kappa shape index (κ2) is 5.99. The fraction of sp³-hybridized carbons (Fsp3) is 0.833. The van der Waals surface area contributed by atoms with E-state index in [0.717, 1.165) is 12.4 Å². The van der Waals surface area contributed by atoms with E-state index in [1.165, 1.54) is 6.42 Å². The van der Waals surface area contributed by atoms with Gasteiger partial charge in [-0.1, -0.05) is 20.3 Å². The lowest BCUT2D eigenvalue weighted by molar-refractivity contribution is 0.380. The number of nitrogens with one attached hydrogen (secondary N) is 1. The van der Waals surface area contributed by atoms with Crippen LogP contribution >= 0.6 is 0 Å². The van der Waals surface area contributed by atoms with Crippen LogP contribution in [-0.4, -0.2) is 20.8 Å². The fourth-order valence-corrected chi connectivity index (χ4v) is 1.63. The van der Waals surface area contributed by atoms with E-state index < -0.39 is 0 Å². The van der Waals surface area contributed by atoms with Crippen molar-refractivity contribution in [1.82, 2.24) is 20.1 Å².